The zero-order chi connectivity index (χ0) is 17.7. The monoisotopic (exact) mass is 452 g/mol. The Morgan fingerprint density at radius 2 is 1.50 bits per heavy atom. The number of piperazine rings is 1. The van der Waals surface area contributed by atoms with E-state index >= 15 is 0 Å². The van der Waals surface area contributed by atoms with E-state index in [4.69, 9.17) is 5.73 Å². The third-order valence-electron chi connectivity index (χ3n) is 5.73. The maximum Gasteiger partial charge on any atom is 0.244 e. The maximum atomic E-state index is 12.5. The Morgan fingerprint density at radius 3 is 2.04 bits per heavy atom. The van der Waals surface area contributed by atoms with E-state index in [-0.39, 0.29) is 43.1 Å². The standard InChI is InChI=1S/C20H32N4O.3ClH/c1-2-23-12-14-24(15-13-23)16-17-6-8-18(9-7-17)22-19(25)20(21)10-4-3-5-11-20;;;/h6-9H,2-5,10-16,21H2,1H3,(H,22,25);3*1H. The summed E-state index contributed by atoms with van der Waals surface area (Å²) in [4.78, 5) is 17.5. The van der Waals surface area contributed by atoms with Crippen LogP contribution >= 0.6 is 37.2 Å². The molecular weight excluding hydrogens is 419 g/mol. The van der Waals surface area contributed by atoms with Crippen LogP contribution in [0.2, 0.25) is 0 Å². The van der Waals surface area contributed by atoms with E-state index in [0.29, 0.717) is 0 Å². The lowest BCUT2D eigenvalue weighted by Crippen LogP contribution is -2.52. The summed E-state index contributed by atoms with van der Waals surface area (Å²) in [7, 11) is 0. The molecule has 8 heteroatoms. The number of hydrogen-bond donors (Lipinski definition) is 2. The number of anilines is 1. The molecule has 3 rings (SSSR count). The van der Waals surface area contributed by atoms with Gasteiger partial charge in [0.25, 0.3) is 0 Å². The third kappa shape index (κ3) is 7.36. The summed E-state index contributed by atoms with van der Waals surface area (Å²) in [6.07, 6.45) is 4.87. The Balaban J connectivity index is 0.00000243. The van der Waals surface area contributed by atoms with Crippen LogP contribution in [0.4, 0.5) is 5.69 Å². The number of hydrogen-bond acceptors (Lipinski definition) is 4. The number of halogens is 3. The first kappa shape index (κ1) is 27.4. The number of likely N-dealkylation sites (N-methyl/N-ethyl adjacent to an activating group) is 1. The fraction of sp³-hybridized carbons (Fsp3) is 0.650. The second-order valence-corrected chi connectivity index (χ2v) is 7.58. The van der Waals surface area contributed by atoms with Gasteiger partial charge in [0, 0.05) is 38.4 Å². The van der Waals surface area contributed by atoms with Crippen molar-refractivity contribution < 1.29 is 4.79 Å². The first-order valence-electron chi connectivity index (χ1n) is 9.73. The first-order valence-corrected chi connectivity index (χ1v) is 9.73. The molecule has 0 radical (unpaired) electrons. The number of carbonyl (C=O) groups excluding carboxylic acids is 1. The molecule has 3 N–H and O–H groups in total. The van der Waals surface area contributed by atoms with Gasteiger partial charge in [-0.2, -0.15) is 0 Å². The molecule has 5 nitrogen and oxygen atoms in total. The fourth-order valence-electron chi connectivity index (χ4n) is 3.88. The predicted molar refractivity (Wildman–Crippen MR) is 124 cm³/mol. The van der Waals surface area contributed by atoms with E-state index in [9.17, 15) is 4.79 Å². The van der Waals surface area contributed by atoms with Gasteiger partial charge >= 0.3 is 0 Å². The van der Waals surface area contributed by atoms with Gasteiger partial charge in [-0.05, 0) is 37.1 Å². The Morgan fingerprint density at radius 1 is 0.964 bits per heavy atom. The summed E-state index contributed by atoms with van der Waals surface area (Å²) < 4.78 is 0. The molecule has 2 aliphatic rings. The summed E-state index contributed by atoms with van der Waals surface area (Å²) in [5.41, 5.74) is 7.76. The molecule has 1 aliphatic heterocycles. The van der Waals surface area contributed by atoms with Crippen LogP contribution in [-0.4, -0.2) is 54.0 Å². The average Bonchev–Trinajstić information content (AvgIpc) is 2.64. The summed E-state index contributed by atoms with van der Waals surface area (Å²) >= 11 is 0. The lowest BCUT2D eigenvalue weighted by Gasteiger charge is -2.34. The Kier molecular flexibility index (Phi) is 12.6. The van der Waals surface area contributed by atoms with Crippen LogP contribution in [0.3, 0.4) is 0 Å². The average molecular weight is 454 g/mol. The number of benzene rings is 1. The van der Waals surface area contributed by atoms with Crippen molar-refractivity contribution in [3.8, 4) is 0 Å². The lowest BCUT2D eigenvalue weighted by atomic mass is 9.82. The minimum atomic E-state index is -0.685. The van der Waals surface area contributed by atoms with Crippen LogP contribution in [-0.2, 0) is 11.3 Å². The molecule has 28 heavy (non-hydrogen) atoms. The van der Waals surface area contributed by atoms with Crippen molar-refractivity contribution in [1.82, 2.24) is 9.80 Å². The molecule has 162 valence electrons. The summed E-state index contributed by atoms with van der Waals surface area (Å²) in [5, 5.41) is 3.01. The molecule has 0 aromatic heterocycles. The number of nitrogens with two attached hydrogens (primary N) is 1. The zero-order valence-corrected chi connectivity index (χ0v) is 19.1. The highest BCUT2D eigenvalue weighted by atomic mass is 35.5. The number of rotatable bonds is 5. The number of nitrogens with one attached hydrogen (secondary N) is 1. The number of carbonyl (C=O) groups is 1. The third-order valence-corrected chi connectivity index (χ3v) is 5.73. The summed E-state index contributed by atoms with van der Waals surface area (Å²) in [5.74, 6) is -0.0318. The van der Waals surface area contributed by atoms with Crippen molar-refractivity contribution in [2.75, 3.05) is 38.0 Å². The fourth-order valence-corrected chi connectivity index (χ4v) is 3.88. The molecule has 2 fully saturated rings. The van der Waals surface area contributed by atoms with Gasteiger partial charge in [-0.25, -0.2) is 0 Å². The molecule has 1 saturated heterocycles. The quantitative estimate of drug-likeness (QED) is 0.714. The van der Waals surface area contributed by atoms with E-state index in [1.807, 2.05) is 12.1 Å². The Bertz CT molecular complexity index is 571. The van der Waals surface area contributed by atoms with E-state index < -0.39 is 5.54 Å². The van der Waals surface area contributed by atoms with E-state index in [0.717, 1.165) is 70.6 Å². The van der Waals surface area contributed by atoms with Crippen LogP contribution < -0.4 is 11.1 Å². The Labute approximate surface area is 188 Å². The highest BCUT2D eigenvalue weighted by molar-refractivity contribution is 5.98. The molecule has 0 atom stereocenters. The van der Waals surface area contributed by atoms with Gasteiger partial charge < -0.3 is 16.0 Å². The van der Waals surface area contributed by atoms with Gasteiger partial charge in [-0.15, -0.1) is 37.2 Å². The highest BCUT2D eigenvalue weighted by Gasteiger charge is 2.35. The number of amides is 1. The highest BCUT2D eigenvalue weighted by Crippen LogP contribution is 2.27. The minimum Gasteiger partial charge on any atom is -0.324 e. The van der Waals surface area contributed by atoms with Crippen LogP contribution in [0.1, 0.15) is 44.6 Å². The molecule has 1 amide bonds. The molecular formula is C20H35Cl3N4O. The van der Waals surface area contributed by atoms with E-state index in [1.165, 1.54) is 12.0 Å². The molecule has 1 heterocycles. The SMILES string of the molecule is CCN1CCN(Cc2ccc(NC(=O)C3(N)CCCCC3)cc2)CC1.Cl.Cl.Cl. The van der Waals surface area contributed by atoms with Crippen LogP contribution in [0.5, 0.6) is 0 Å². The predicted octanol–water partition coefficient (Wildman–Crippen LogP) is 3.69. The van der Waals surface area contributed by atoms with Crippen molar-refractivity contribution >= 4 is 48.8 Å². The van der Waals surface area contributed by atoms with Gasteiger partial charge in [-0.3, -0.25) is 9.69 Å². The molecule has 1 saturated carbocycles. The van der Waals surface area contributed by atoms with E-state index in [2.05, 4.69) is 34.2 Å². The smallest absolute Gasteiger partial charge is 0.244 e. The van der Waals surface area contributed by atoms with Crippen LogP contribution in [0.25, 0.3) is 0 Å². The minimum absolute atomic E-state index is 0. The normalized spacial score (nSPS) is 19.5. The maximum absolute atomic E-state index is 12.5. The van der Waals surface area contributed by atoms with E-state index in [1.54, 1.807) is 0 Å². The van der Waals surface area contributed by atoms with Crippen LogP contribution in [0, 0.1) is 0 Å². The largest absolute Gasteiger partial charge is 0.324 e. The summed E-state index contributed by atoms with van der Waals surface area (Å²) in [6, 6.07) is 8.24. The molecule has 0 bridgehead atoms. The summed E-state index contributed by atoms with van der Waals surface area (Å²) in [6.45, 7) is 8.91. The molecule has 0 unspecified atom stereocenters. The van der Waals surface area contributed by atoms with Crippen molar-refractivity contribution in [2.24, 2.45) is 5.73 Å². The van der Waals surface area contributed by atoms with Gasteiger partial charge in [0.05, 0.1) is 5.54 Å². The van der Waals surface area contributed by atoms with Gasteiger partial charge in [0.1, 0.15) is 0 Å². The second kappa shape index (κ2) is 12.9. The van der Waals surface area contributed by atoms with Crippen LogP contribution in [0.15, 0.2) is 24.3 Å². The zero-order valence-electron chi connectivity index (χ0n) is 16.7. The molecule has 1 aromatic rings. The van der Waals surface area contributed by atoms with Crippen molar-refractivity contribution in [3.05, 3.63) is 29.8 Å². The second-order valence-electron chi connectivity index (χ2n) is 7.58. The van der Waals surface area contributed by atoms with Gasteiger partial charge in [0.15, 0.2) is 0 Å². The lowest BCUT2D eigenvalue weighted by molar-refractivity contribution is -0.122. The van der Waals surface area contributed by atoms with Crippen molar-refractivity contribution in [2.45, 2.75) is 51.1 Å². The number of nitrogens with zero attached hydrogens (tertiary/aromatic N) is 2. The van der Waals surface area contributed by atoms with Crippen molar-refractivity contribution in [3.63, 3.8) is 0 Å². The molecule has 1 aromatic carbocycles. The van der Waals surface area contributed by atoms with Gasteiger partial charge in [0.2, 0.25) is 5.91 Å². The van der Waals surface area contributed by atoms with Gasteiger partial charge in [-0.1, -0.05) is 38.3 Å². The first-order chi connectivity index (χ1) is 12.1. The van der Waals surface area contributed by atoms with Crippen molar-refractivity contribution in [1.29, 1.82) is 0 Å². The topological polar surface area (TPSA) is 61.6 Å². The Hall–Kier alpha value is -0.560. The molecule has 1 aliphatic carbocycles. The molecule has 0 spiro atoms.